The van der Waals surface area contributed by atoms with E-state index >= 15 is 0 Å². The average molecular weight is 311 g/mol. The number of aromatic nitrogens is 2. The molecule has 22 heavy (non-hydrogen) atoms. The molecule has 0 bridgehead atoms. The normalized spacial score (nSPS) is 18.7. The third-order valence-electron chi connectivity index (χ3n) is 3.56. The fourth-order valence-corrected chi connectivity index (χ4v) is 2.56. The van der Waals surface area contributed by atoms with Gasteiger partial charge in [-0.15, -0.1) is 0 Å². The highest BCUT2D eigenvalue weighted by Gasteiger charge is 2.25. The first-order chi connectivity index (χ1) is 10.5. The summed E-state index contributed by atoms with van der Waals surface area (Å²) >= 11 is 0. The number of amides is 1. The van der Waals surface area contributed by atoms with Gasteiger partial charge in [-0.05, 0) is 13.5 Å². The van der Waals surface area contributed by atoms with Gasteiger partial charge in [0.2, 0.25) is 5.91 Å². The Bertz CT molecular complexity index is 528. The standard InChI is InChI=1S/C14H22FN5O2/c1-3-11-13(15)14(18-9-17-11)20-4-5-22-10(7-20)6-19(2)8-12(16)21/h9-10H,3-8H2,1-2H3,(H2,16,21)/t10-/m1/s1. The van der Waals surface area contributed by atoms with Gasteiger partial charge in [0, 0.05) is 19.6 Å². The summed E-state index contributed by atoms with van der Waals surface area (Å²) in [5.41, 5.74) is 5.59. The molecule has 2 heterocycles. The number of carbonyl (C=O) groups is 1. The summed E-state index contributed by atoms with van der Waals surface area (Å²) in [4.78, 5) is 22.6. The number of hydrogen-bond donors (Lipinski definition) is 1. The Labute approximate surface area is 129 Å². The first kappa shape index (κ1) is 16.6. The van der Waals surface area contributed by atoms with Crippen LogP contribution in [-0.2, 0) is 16.0 Å². The minimum atomic E-state index is -0.385. The van der Waals surface area contributed by atoms with Crippen LogP contribution in [-0.4, -0.2) is 66.7 Å². The molecule has 2 N–H and O–H groups in total. The molecule has 0 aliphatic carbocycles. The fourth-order valence-electron chi connectivity index (χ4n) is 2.56. The van der Waals surface area contributed by atoms with Gasteiger partial charge in [-0.3, -0.25) is 9.69 Å². The van der Waals surface area contributed by atoms with Gasteiger partial charge >= 0.3 is 0 Å². The molecule has 1 amide bonds. The minimum Gasteiger partial charge on any atom is -0.373 e. The molecular weight excluding hydrogens is 289 g/mol. The summed E-state index contributed by atoms with van der Waals surface area (Å²) in [5, 5.41) is 0. The summed E-state index contributed by atoms with van der Waals surface area (Å²) in [6.07, 6.45) is 1.79. The van der Waals surface area contributed by atoms with Gasteiger partial charge in [-0.25, -0.2) is 14.4 Å². The number of likely N-dealkylation sites (N-methyl/N-ethyl adjacent to an activating group) is 1. The molecule has 1 aliphatic rings. The predicted molar refractivity (Wildman–Crippen MR) is 80.0 cm³/mol. The van der Waals surface area contributed by atoms with E-state index in [1.807, 2.05) is 11.8 Å². The van der Waals surface area contributed by atoms with Crippen molar-refractivity contribution in [2.45, 2.75) is 19.4 Å². The van der Waals surface area contributed by atoms with Gasteiger partial charge in [-0.1, -0.05) is 6.92 Å². The molecule has 1 atom stereocenters. The van der Waals surface area contributed by atoms with Crippen LogP contribution >= 0.6 is 0 Å². The monoisotopic (exact) mass is 311 g/mol. The van der Waals surface area contributed by atoms with Crippen molar-refractivity contribution in [1.29, 1.82) is 0 Å². The second-order valence-electron chi connectivity index (χ2n) is 5.41. The number of carbonyl (C=O) groups excluding carboxylic acids is 1. The van der Waals surface area contributed by atoms with Crippen molar-refractivity contribution < 1.29 is 13.9 Å². The molecule has 0 radical (unpaired) electrons. The zero-order chi connectivity index (χ0) is 16.1. The van der Waals surface area contributed by atoms with E-state index in [1.54, 1.807) is 11.9 Å². The maximum Gasteiger partial charge on any atom is 0.231 e. The van der Waals surface area contributed by atoms with Crippen molar-refractivity contribution in [1.82, 2.24) is 14.9 Å². The Morgan fingerprint density at radius 1 is 1.59 bits per heavy atom. The van der Waals surface area contributed by atoms with Gasteiger partial charge in [0.05, 0.1) is 24.9 Å². The number of ether oxygens (including phenoxy) is 1. The number of hydrogen-bond acceptors (Lipinski definition) is 6. The molecule has 1 aromatic rings. The van der Waals surface area contributed by atoms with Gasteiger partial charge in [-0.2, -0.15) is 0 Å². The SMILES string of the molecule is CCc1ncnc(N2CCO[C@H](CN(C)CC(N)=O)C2)c1F. The lowest BCUT2D eigenvalue weighted by molar-refractivity contribution is -0.119. The highest BCUT2D eigenvalue weighted by atomic mass is 19.1. The summed E-state index contributed by atoms with van der Waals surface area (Å²) in [5.74, 6) is -0.432. The second kappa shape index (κ2) is 7.46. The van der Waals surface area contributed by atoms with Crippen LogP contribution in [0.2, 0.25) is 0 Å². The topological polar surface area (TPSA) is 84.6 Å². The third kappa shape index (κ3) is 4.11. The zero-order valence-electron chi connectivity index (χ0n) is 13.0. The number of nitrogens with zero attached hydrogens (tertiary/aromatic N) is 4. The smallest absolute Gasteiger partial charge is 0.231 e. The first-order valence-corrected chi connectivity index (χ1v) is 7.34. The van der Waals surface area contributed by atoms with E-state index in [0.29, 0.717) is 44.2 Å². The number of primary amides is 1. The molecule has 0 saturated carbocycles. The highest BCUT2D eigenvalue weighted by molar-refractivity contribution is 5.75. The van der Waals surface area contributed by atoms with E-state index in [2.05, 4.69) is 9.97 Å². The number of nitrogens with two attached hydrogens (primary N) is 1. The molecule has 8 heteroatoms. The van der Waals surface area contributed by atoms with Gasteiger partial charge in [0.1, 0.15) is 6.33 Å². The summed E-state index contributed by atoms with van der Waals surface area (Å²) < 4.78 is 20.0. The van der Waals surface area contributed by atoms with Crippen LogP contribution in [0.1, 0.15) is 12.6 Å². The fraction of sp³-hybridized carbons (Fsp3) is 0.643. The molecular formula is C14H22FN5O2. The average Bonchev–Trinajstić information content (AvgIpc) is 2.46. The van der Waals surface area contributed by atoms with Crippen LogP contribution in [0.25, 0.3) is 0 Å². The first-order valence-electron chi connectivity index (χ1n) is 7.34. The van der Waals surface area contributed by atoms with Crippen molar-refractivity contribution in [3.8, 4) is 0 Å². The largest absolute Gasteiger partial charge is 0.373 e. The van der Waals surface area contributed by atoms with Crippen molar-refractivity contribution >= 4 is 11.7 Å². The number of morpholine rings is 1. The number of anilines is 1. The molecule has 0 aromatic carbocycles. The van der Waals surface area contributed by atoms with Crippen molar-refractivity contribution in [3.63, 3.8) is 0 Å². The maximum atomic E-state index is 14.3. The quantitative estimate of drug-likeness (QED) is 0.783. The third-order valence-corrected chi connectivity index (χ3v) is 3.56. The minimum absolute atomic E-state index is 0.127. The molecule has 0 spiro atoms. The number of halogens is 1. The van der Waals surface area contributed by atoms with E-state index in [1.165, 1.54) is 6.33 Å². The van der Waals surface area contributed by atoms with E-state index in [0.717, 1.165) is 0 Å². The van der Waals surface area contributed by atoms with E-state index in [9.17, 15) is 9.18 Å². The van der Waals surface area contributed by atoms with E-state index in [-0.39, 0.29) is 24.4 Å². The Morgan fingerprint density at radius 3 is 3.05 bits per heavy atom. The second-order valence-corrected chi connectivity index (χ2v) is 5.41. The summed E-state index contributed by atoms with van der Waals surface area (Å²) in [6.45, 7) is 4.15. The Balaban J connectivity index is 2.03. The van der Waals surface area contributed by atoms with Crippen molar-refractivity contribution in [3.05, 3.63) is 17.8 Å². The number of aryl methyl sites for hydroxylation is 1. The Morgan fingerprint density at radius 2 is 2.36 bits per heavy atom. The van der Waals surface area contributed by atoms with E-state index in [4.69, 9.17) is 10.5 Å². The van der Waals surface area contributed by atoms with Gasteiger partial charge in [0.15, 0.2) is 11.6 Å². The van der Waals surface area contributed by atoms with Gasteiger partial charge in [0.25, 0.3) is 0 Å². The van der Waals surface area contributed by atoms with E-state index < -0.39 is 0 Å². The van der Waals surface area contributed by atoms with Crippen molar-refractivity contribution in [2.75, 3.05) is 44.7 Å². The summed E-state index contributed by atoms with van der Waals surface area (Å²) in [6, 6.07) is 0. The lowest BCUT2D eigenvalue weighted by atomic mass is 10.2. The molecule has 2 rings (SSSR count). The van der Waals surface area contributed by atoms with Crippen LogP contribution in [0.3, 0.4) is 0 Å². The maximum absolute atomic E-state index is 14.3. The lowest BCUT2D eigenvalue weighted by Gasteiger charge is -2.35. The molecule has 7 nitrogen and oxygen atoms in total. The van der Waals surface area contributed by atoms with Crippen LogP contribution in [0.15, 0.2) is 6.33 Å². The Kier molecular flexibility index (Phi) is 5.62. The van der Waals surface area contributed by atoms with Crippen LogP contribution < -0.4 is 10.6 Å². The molecule has 1 aliphatic heterocycles. The molecule has 0 unspecified atom stereocenters. The molecule has 1 saturated heterocycles. The van der Waals surface area contributed by atoms with Crippen LogP contribution in [0.4, 0.5) is 10.2 Å². The van der Waals surface area contributed by atoms with Crippen LogP contribution in [0.5, 0.6) is 0 Å². The predicted octanol–water partition coefficient (Wildman–Crippen LogP) is -0.200. The number of rotatable bonds is 6. The molecule has 1 fully saturated rings. The molecule has 122 valence electrons. The lowest BCUT2D eigenvalue weighted by Crippen LogP contribution is -2.48. The molecule has 1 aromatic heterocycles. The van der Waals surface area contributed by atoms with Crippen LogP contribution in [0, 0.1) is 5.82 Å². The Hall–Kier alpha value is -1.80. The van der Waals surface area contributed by atoms with Gasteiger partial charge < -0.3 is 15.4 Å². The summed E-state index contributed by atoms with van der Waals surface area (Å²) in [7, 11) is 1.80. The zero-order valence-corrected chi connectivity index (χ0v) is 13.0. The van der Waals surface area contributed by atoms with Crippen molar-refractivity contribution in [2.24, 2.45) is 5.73 Å². The highest BCUT2D eigenvalue weighted by Crippen LogP contribution is 2.20.